The lowest BCUT2D eigenvalue weighted by Gasteiger charge is -2.10. The van der Waals surface area contributed by atoms with Crippen molar-refractivity contribution in [1.82, 2.24) is 0 Å². The van der Waals surface area contributed by atoms with E-state index in [0.29, 0.717) is 0 Å². The van der Waals surface area contributed by atoms with Gasteiger partial charge in [0.15, 0.2) is 0 Å². The third-order valence-corrected chi connectivity index (χ3v) is 5.47. The Morgan fingerprint density at radius 2 is 2.00 bits per heavy atom. The van der Waals surface area contributed by atoms with Gasteiger partial charge >= 0.3 is 0 Å². The third kappa shape index (κ3) is 3.65. The van der Waals surface area contributed by atoms with Crippen LogP contribution in [0, 0.1) is 5.92 Å². The molecule has 1 nitrogen and oxygen atoms in total. The minimum absolute atomic E-state index is 0.185. The molecule has 0 radical (unpaired) electrons. The fraction of sp³-hybridized carbons (Fsp3) is 0.600. The molecule has 4 heteroatoms. The van der Waals surface area contributed by atoms with Gasteiger partial charge in [-0.3, -0.25) is 0 Å². The van der Waals surface area contributed by atoms with Crippen molar-refractivity contribution in [2.45, 2.75) is 32.7 Å². The van der Waals surface area contributed by atoms with Crippen molar-refractivity contribution in [3.8, 4) is 0 Å². The molecular weight excluding hydrogens is 326 g/mol. The molecule has 80 valence electrons. The van der Waals surface area contributed by atoms with Gasteiger partial charge in [0.05, 0.1) is 3.79 Å². The van der Waals surface area contributed by atoms with Crippen LogP contribution >= 0.6 is 43.2 Å². The summed E-state index contributed by atoms with van der Waals surface area (Å²) in [5.41, 5.74) is 6.09. The van der Waals surface area contributed by atoms with Crippen LogP contribution in [0.25, 0.3) is 0 Å². The molecule has 1 aromatic heterocycles. The van der Waals surface area contributed by atoms with Crippen LogP contribution in [0.4, 0.5) is 0 Å². The molecule has 0 fully saturated rings. The van der Waals surface area contributed by atoms with Crippen LogP contribution in [0.5, 0.6) is 0 Å². The summed E-state index contributed by atoms with van der Waals surface area (Å²) in [6.45, 7) is 4.46. The highest BCUT2D eigenvalue weighted by atomic mass is 79.9. The van der Waals surface area contributed by atoms with Gasteiger partial charge in [0.1, 0.15) is 0 Å². The molecule has 0 spiro atoms. The van der Waals surface area contributed by atoms with E-state index in [0.717, 1.165) is 20.6 Å². The third-order valence-electron chi connectivity index (χ3n) is 2.08. The number of nitrogens with two attached hydrogens (primary N) is 1. The minimum atomic E-state index is 0.185. The first kappa shape index (κ1) is 12.7. The Hall–Kier alpha value is 0.620. The molecule has 1 atom stereocenters. The van der Waals surface area contributed by atoms with Crippen LogP contribution in [-0.2, 0) is 0 Å². The largest absolute Gasteiger partial charge is 0.323 e. The van der Waals surface area contributed by atoms with Gasteiger partial charge in [-0.05, 0) is 56.7 Å². The fourth-order valence-electron chi connectivity index (χ4n) is 1.20. The topological polar surface area (TPSA) is 26.0 Å². The number of hydrogen-bond acceptors (Lipinski definition) is 2. The second-order valence-corrected chi connectivity index (χ2v) is 7.10. The van der Waals surface area contributed by atoms with Gasteiger partial charge in [0, 0.05) is 15.4 Å². The van der Waals surface area contributed by atoms with Crippen LogP contribution in [0.3, 0.4) is 0 Å². The van der Waals surface area contributed by atoms with E-state index in [1.807, 2.05) is 0 Å². The maximum atomic E-state index is 6.09. The Morgan fingerprint density at radius 1 is 1.36 bits per heavy atom. The zero-order valence-electron chi connectivity index (χ0n) is 8.39. The van der Waals surface area contributed by atoms with E-state index in [4.69, 9.17) is 5.73 Å². The van der Waals surface area contributed by atoms with Crippen molar-refractivity contribution in [3.05, 3.63) is 19.2 Å². The highest BCUT2D eigenvalue weighted by molar-refractivity contribution is 9.13. The Labute approximate surface area is 106 Å². The molecule has 2 N–H and O–H groups in total. The van der Waals surface area contributed by atoms with Crippen molar-refractivity contribution in [3.63, 3.8) is 0 Å². The molecular formula is C10H15Br2NS. The zero-order chi connectivity index (χ0) is 10.7. The Kier molecular flexibility index (Phi) is 5.11. The number of hydrogen-bond donors (Lipinski definition) is 1. The molecule has 1 rings (SSSR count). The van der Waals surface area contributed by atoms with E-state index in [9.17, 15) is 0 Å². The van der Waals surface area contributed by atoms with Crippen molar-refractivity contribution in [1.29, 1.82) is 0 Å². The molecule has 0 aliphatic heterocycles. The van der Waals surface area contributed by atoms with Gasteiger partial charge in [-0.15, -0.1) is 11.3 Å². The molecule has 1 aromatic rings. The second-order valence-electron chi connectivity index (χ2n) is 3.85. The van der Waals surface area contributed by atoms with Crippen molar-refractivity contribution < 1.29 is 0 Å². The number of thiophene rings is 1. The minimum Gasteiger partial charge on any atom is -0.323 e. The van der Waals surface area contributed by atoms with E-state index in [1.165, 1.54) is 11.3 Å². The van der Waals surface area contributed by atoms with Gasteiger partial charge in [-0.1, -0.05) is 13.8 Å². The molecule has 0 saturated carbocycles. The van der Waals surface area contributed by atoms with E-state index >= 15 is 0 Å². The first-order chi connectivity index (χ1) is 6.50. The molecule has 0 unspecified atom stereocenters. The summed E-state index contributed by atoms with van der Waals surface area (Å²) in [4.78, 5) is 1.25. The fourth-order valence-corrected chi connectivity index (χ4v) is 3.33. The summed E-state index contributed by atoms with van der Waals surface area (Å²) < 4.78 is 2.24. The highest BCUT2D eigenvalue weighted by Crippen LogP contribution is 2.36. The van der Waals surface area contributed by atoms with E-state index in [2.05, 4.69) is 51.8 Å². The standard InChI is InChI=1S/C10H15Br2NS/c1-6(2)3-4-8(13)9-5-7(11)10(12)14-9/h5-6,8H,3-4,13H2,1-2H3/t8-/m1/s1. The number of halogens is 2. The summed E-state index contributed by atoms with van der Waals surface area (Å²) >= 11 is 8.67. The SMILES string of the molecule is CC(C)CC[C@@H](N)c1cc(Br)c(Br)s1. The lowest BCUT2D eigenvalue weighted by molar-refractivity contribution is 0.510. The first-order valence-corrected chi connectivity index (χ1v) is 7.11. The second kappa shape index (κ2) is 5.64. The molecule has 0 aliphatic rings. The average Bonchev–Trinajstić information content (AvgIpc) is 2.43. The summed E-state index contributed by atoms with van der Waals surface area (Å²) in [5, 5.41) is 0. The van der Waals surface area contributed by atoms with Crippen LogP contribution in [0.1, 0.15) is 37.6 Å². The first-order valence-electron chi connectivity index (χ1n) is 4.71. The maximum Gasteiger partial charge on any atom is 0.0843 e. The van der Waals surface area contributed by atoms with Gasteiger partial charge in [-0.25, -0.2) is 0 Å². The lowest BCUT2D eigenvalue weighted by Crippen LogP contribution is -2.09. The Morgan fingerprint density at radius 3 is 2.43 bits per heavy atom. The predicted molar refractivity (Wildman–Crippen MR) is 70.7 cm³/mol. The van der Waals surface area contributed by atoms with E-state index in [1.54, 1.807) is 11.3 Å². The summed E-state index contributed by atoms with van der Waals surface area (Å²) in [6, 6.07) is 2.30. The van der Waals surface area contributed by atoms with Gasteiger partial charge in [-0.2, -0.15) is 0 Å². The van der Waals surface area contributed by atoms with Crippen molar-refractivity contribution >= 4 is 43.2 Å². The van der Waals surface area contributed by atoms with E-state index in [-0.39, 0.29) is 6.04 Å². The van der Waals surface area contributed by atoms with Crippen LogP contribution in [-0.4, -0.2) is 0 Å². The average molecular weight is 341 g/mol. The maximum absolute atomic E-state index is 6.09. The zero-order valence-corrected chi connectivity index (χ0v) is 12.4. The number of rotatable bonds is 4. The van der Waals surface area contributed by atoms with Crippen LogP contribution < -0.4 is 5.73 Å². The summed E-state index contributed by atoms with van der Waals surface area (Å²) in [5.74, 6) is 0.730. The normalized spacial score (nSPS) is 13.6. The quantitative estimate of drug-likeness (QED) is 0.843. The Bertz CT molecular complexity index is 277. The lowest BCUT2D eigenvalue weighted by atomic mass is 10.0. The smallest absolute Gasteiger partial charge is 0.0843 e. The van der Waals surface area contributed by atoms with Crippen molar-refractivity contribution in [2.24, 2.45) is 11.7 Å². The highest BCUT2D eigenvalue weighted by Gasteiger charge is 2.11. The van der Waals surface area contributed by atoms with E-state index < -0.39 is 0 Å². The molecule has 14 heavy (non-hydrogen) atoms. The molecule has 1 heterocycles. The van der Waals surface area contributed by atoms with Crippen LogP contribution in [0.2, 0.25) is 0 Å². The molecule has 0 aliphatic carbocycles. The van der Waals surface area contributed by atoms with Crippen LogP contribution in [0.15, 0.2) is 14.3 Å². The van der Waals surface area contributed by atoms with Crippen molar-refractivity contribution in [2.75, 3.05) is 0 Å². The van der Waals surface area contributed by atoms with Gasteiger partial charge in [0.2, 0.25) is 0 Å². The molecule has 0 saturated heterocycles. The summed E-state index contributed by atoms with van der Waals surface area (Å²) in [7, 11) is 0. The molecule has 0 amide bonds. The monoisotopic (exact) mass is 339 g/mol. The predicted octanol–water partition coefficient (Wildman–Crippen LogP) is 4.71. The van der Waals surface area contributed by atoms with Gasteiger partial charge in [0.25, 0.3) is 0 Å². The molecule has 0 bridgehead atoms. The molecule has 0 aromatic carbocycles. The Balaban J connectivity index is 2.56. The van der Waals surface area contributed by atoms with Gasteiger partial charge < -0.3 is 5.73 Å². The summed E-state index contributed by atoms with van der Waals surface area (Å²) in [6.07, 6.45) is 2.26.